The molecule has 248 valence electrons. The van der Waals surface area contributed by atoms with Gasteiger partial charge in [0.25, 0.3) is 0 Å². The Hall–Kier alpha value is -3.88. The van der Waals surface area contributed by atoms with Crippen molar-refractivity contribution in [2.24, 2.45) is 0 Å². The lowest BCUT2D eigenvalue weighted by Crippen LogP contribution is -2.46. The van der Waals surface area contributed by atoms with Gasteiger partial charge in [0.1, 0.15) is 29.8 Å². The molecule has 6 bridgehead atoms. The average Bonchev–Trinajstić information content (AvgIpc) is 3.69. The Bertz CT molecular complexity index is 1860. The third-order valence-electron chi connectivity index (χ3n) is 10.1. The average molecular weight is 669 g/mol. The summed E-state index contributed by atoms with van der Waals surface area (Å²) >= 11 is 6.79. The number of H-pyrrole nitrogens is 1. The number of anilines is 1. The molecule has 47 heavy (non-hydrogen) atoms. The number of ether oxygens (including phenoxy) is 3. The van der Waals surface area contributed by atoms with Crippen LogP contribution in [0.2, 0.25) is 5.02 Å². The lowest BCUT2D eigenvalue weighted by atomic mass is 9.95. The maximum Gasteiger partial charge on any atom is 0.409 e. The number of carbonyl (C=O) groups excluding carboxylic acids is 1. The van der Waals surface area contributed by atoms with Gasteiger partial charge in [-0.15, -0.1) is 0 Å². The summed E-state index contributed by atoms with van der Waals surface area (Å²) in [4.78, 5) is 32.9. The second kappa shape index (κ2) is 12.0. The van der Waals surface area contributed by atoms with Crippen molar-refractivity contribution in [3.05, 3.63) is 34.9 Å². The number of halogens is 3. The van der Waals surface area contributed by atoms with Crippen molar-refractivity contribution in [2.45, 2.75) is 49.9 Å². The fraction of sp³-hybridized carbons (Fsp3) is 0.531. The first-order valence-corrected chi connectivity index (χ1v) is 16.4. The molecule has 0 spiro atoms. The summed E-state index contributed by atoms with van der Waals surface area (Å²) in [5.41, 5.74) is 1.43. The smallest absolute Gasteiger partial charge is 0.409 e. The van der Waals surface area contributed by atoms with E-state index < -0.39 is 23.6 Å². The zero-order valence-electron chi connectivity index (χ0n) is 26.0. The number of aromatic nitrogens is 5. The van der Waals surface area contributed by atoms with E-state index >= 15 is 4.39 Å². The van der Waals surface area contributed by atoms with Crippen LogP contribution in [0.3, 0.4) is 0 Å². The quantitative estimate of drug-likeness (QED) is 0.333. The third kappa shape index (κ3) is 5.30. The Morgan fingerprint density at radius 1 is 1.17 bits per heavy atom. The molecule has 9 rings (SSSR count). The summed E-state index contributed by atoms with van der Waals surface area (Å²) in [6, 6.07) is 1.36. The van der Waals surface area contributed by atoms with E-state index in [4.69, 9.17) is 30.8 Å². The van der Waals surface area contributed by atoms with Crippen LogP contribution in [0.5, 0.6) is 6.01 Å². The van der Waals surface area contributed by atoms with Gasteiger partial charge in [-0.3, -0.25) is 15.0 Å². The van der Waals surface area contributed by atoms with E-state index in [0.29, 0.717) is 83.8 Å². The Labute approximate surface area is 274 Å². The van der Waals surface area contributed by atoms with Crippen LogP contribution in [0.15, 0.2) is 18.5 Å². The molecule has 3 atom stereocenters. The molecule has 8 heterocycles. The summed E-state index contributed by atoms with van der Waals surface area (Å²) in [5.74, 6) is -0.242. The number of rotatable bonds is 3. The van der Waals surface area contributed by atoms with Gasteiger partial charge >= 0.3 is 12.1 Å². The molecular formula is C32H35ClF2N8O4. The first kappa shape index (κ1) is 30.5. The normalized spacial score (nSPS) is 25.4. The van der Waals surface area contributed by atoms with Crippen molar-refractivity contribution in [3.8, 4) is 17.3 Å². The minimum atomic E-state index is -0.922. The van der Waals surface area contributed by atoms with Crippen molar-refractivity contribution < 1.29 is 27.8 Å². The highest BCUT2D eigenvalue weighted by atomic mass is 35.5. The van der Waals surface area contributed by atoms with E-state index in [9.17, 15) is 9.18 Å². The molecular weight excluding hydrogens is 634 g/mol. The van der Waals surface area contributed by atoms with E-state index in [1.54, 1.807) is 25.5 Å². The number of hydrogen-bond donors (Lipinski definition) is 1. The first-order chi connectivity index (χ1) is 22.8. The predicted octanol–water partition coefficient (Wildman–Crippen LogP) is 4.54. The summed E-state index contributed by atoms with van der Waals surface area (Å²) < 4.78 is 49.4. The molecule has 0 aliphatic carbocycles. The Morgan fingerprint density at radius 2 is 2.06 bits per heavy atom. The lowest BCUT2D eigenvalue weighted by Gasteiger charge is -2.32. The maximum atomic E-state index is 17.0. The highest BCUT2D eigenvalue weighted by Crippen LogP contribution is 2.42. The third-order valence-corrected chi connectivity index (χ3v) is 10.4. The zero-order chi connectivity index (χ0) is 32.3. The minimum Gasteiger partial charge on any atom is -0.461 e. The number of hydrogen-bond acceptors (Lipinski definition) is 10. The number of carbonyl (C=O) groups is 1. The number of nitrogens with one attached hydrogen (secondary N) is 1. The number of aromatic amines is 1. The molecule has 0 unspecified atom stereocenters. The van der Waals surface area contributed by atoms with Crippen LogP contribution in [0.4, 0.5) is 19.4 Å². The summed E-state index contributed by atoms with van der Waals surface area (Å²) in [5, 5.41) is 8.55. The van der Waals surface area contributed by atoms with Gasteiger partial charge in [0.05, 0.1) is 48.5 Å². The fourth-order valence-electron chi connectivity index (χ4n) is 7.64. The van der Waals surface area contributed by atoms with Gasteiger partial charge in [-0.25, -0.2) is 13.6 Å². The van der Waals surface area contributed by atoms with Crippen molar-refractivity contribution >= 4 is 45.3 Å². The standard InChI is InChI=1S/C32H35ClF2N8O4/c1-41-19-15-42(7-9-45-16-19)29-22-12-36-28(25-20(4-2-8-46-31(41)44)23(33)10-24-21(25)13-37-40-24)26(35)27(22)38-30(39-29)47-17-32-5-3-6-43(32)14-18(34)11-32/h10,12-13,18-19H,2-9,11,14-17H2,1H3,(H,37,40)/t18-,19+,32+/m1/s1. The van der Waals surface area contributed by atoms with Crippen LogP contribution in [0.25, 0.3) is 33.1 Å². The van der Waals surface area contributed by atoms with Gasteiger partial charge < -0.3 is 24.0 Å². The number of nitrogens with zero attached hydrogens (tertiary/aromatic N) is 7. The molecule has 5 aliphatic heterocycles. The van der Waals surface area contributed by atoms with Crippen molar-refractivity contribution in [1.29, 1.82) is 0 Å². The van der Waals surface area contributed by atoms with Crippen molar-refractivity contribution in [1.82, 2.24) is 34.9 Å². The number of alkyl halides is 1. The van der Waals surface area contributed by atoms with E-state index in [2.05, 4.69) is 25.1 Å². The van der Waals surface area contributed by atoms with Gasteiger partial charge in [-0.1, -0.05) is 11.6 Å². The van der Waals surface area contributed by atoms with E-state index in [-0.39, 0.29) is 43.1 Å². The van der Waals surface area contributed by atoms with E-state index in [1.165, 1.54) is 4.90 Å². The lowest BCUT2D eigenvalue weighted by molar-refractivity contribution is 0.0658. The second-order valence-corrected chi connectivity index (χ2v) is 13.3. The molecule has 4 aromatic rings. The molecule has 5 aliphatic rings. The SMILES string of the molecule is CN1C(=O)OCCCc2c(Cl)cc3[nH]ncc3c2-c2ncc3c(nc(OC[C@@]45CCCN4C[C@H](F)C5)nc3c2F)N2CCOC[C@@H]1C2. The summed E-state index contributed by atoms with van der Waals surface area (Å²) in [6.07, 6.45) is 4.78. The Kier molecular flexibility index (Phi) is 7.76. The van der Waals surface area contributed by atoms with E-state index in [0.717, 1.165) is 19.4 Å². The van der Waals surface area contributed by atoms with E-state index in [1.807, 2.05) is 4.90 Å². The number of fused-ring (bicyclic) bond motifs is 8. The molecule has 1 N–H and O–H groups in total. The summed E-state index contributed by atoms with van der Waals surface area (Å²) in [7, 11) is 1.68. The molecule has 3 aromatic heterocycles. The zero-order valence-corrected chi connectivity index (χ0v) is 26.7. The van der Waals surface area contributed by atoms with Crippen LogP contribution in [-0.2, 0) is 15.9 Å². The number of amides is 1. The number of pyridine rings is 1. The topological polar surface area (TPSA) is 122 Å². The Balaban J connectivity index is 1.30. The molecule has 3 saturated heterocycles. The Morgan fingerprint density at radius 3 is 2.96 bits per heavy atom. The number of benzene rings is 1. The molecule has 3 fully saturated rings. The largest absolute Gasteiger partial charge is 0.461 e. The van der Waals surface area contributed by atoms with Crippen LogP contribution in [0.1, 0.15) is 31.2 Å². The summed E-state index contributed by atoms with van der Waals surface area (Å²) in [6.45, 7) is 2.93. The van der Waals surface area contributed by atoms with Crippen molar-refractivity contribution in [3.63, 3.8) is 0 Å². The van der Waals surface area contributed by atoms with Gasteiger partial charge in [0.15, 0.2) is 5.82 Å². The first-order valence-electron chi connectivity index (χ1n) is 16.1. The van der Waals surface area contributed by atoms with Crippen LogP contribution in [-0.4, -0.2) is 118 Å². The fourth-order valence-corrected chi connectivity index (χ4v) is 7.94. The monoisotopic (exact) mass is 668 g/mol. The molecule has 1 aromatic carbocycles. The predicted molar refractivity (Wildman–Crippen MR) is 170 cm³/mol. The molecule has 12 nitrogen and oxygen atoms in total. The van der Waals surface area contributed by atoms with Gasteiger partial charge in [-0.05, 0) is 43.9 Å². The van der Waals surface area contributed by atoms with Crippen LogP contribution < -0.4 is 9.64 Å². The highest BCUT2D eigenvalue weighted by Gasteiger charge is 2.49. The highest BCUT2D eigenvalue weighted by molar-refractivity contribution is 6.33. The molecule has 0 radical (unpaired) electrons. The van der Waals surface area contributed by atoms with Crippen LogP contribution >= 0.6 is 11.6 Å². The second-order valence-electron chi connectivity index (χ2n) is 12.9. The molecule has 0 saturated carbocycles. The van der Waals surface area contributed by atoms with Gasteiger partial charge in [0.2, 0.25) is 0 Å². The van der Waals surface area contributed by atoms with Crippen molar-refractivity contribution in [2.75, 3.05) is 64.6 Å². The minimum absolute atomic E-state index is 0.0116. The van der Waals surface area contributed by atoms with Gasteiger partial charge in [0, 0.05) is 55.3 Å². The molecule has 1 amide bonds. The number of likely N-dealkylation sites (N-methyl/N-ethyl adjacent to an activating group) is 1. The van der Waals surface area contributed by atoms with Gasteiger partial charge in [-0.2, -0.15) is 15.1 Å². The molecule has 15 heteroatoms. The van der Waals surface area contributed by atoms with Crippen LogP contribution in [0, 0.1) is 5.82 Å². The maximum absolute atomic E-state index is 17.0.